The number of piperidine rings is 1. The number of benzene rings is 1. The van der Waals surface area contributed by atoms with Crippen molar-refractivity contribution in [2.75, 3.05) is 20.1 Å². The fourth-order valence-corrected chi connectivity index (χ4v) is 5.58. The van der Waals surface area contributed by atoms with Gasteiger partial charge in [-0.1, -0.05) is 49.6 Å². The van der Waals surface area contributed by atoms with E-state index in [1.165, 1.54) is 6.42 Å². The number of ether oxygens (including phenoxy) is 1. The fraction of sp³-hybridized carbons (Fsp3) is 0.682. The summed E-state index contributed by atoms with van der Waals surface area (Å²) in [6.07, 6.45) is 7.35. The number of fused-ring (bicyclic) bond motifs is 2. The molecule has 0 aromatic heterocycles. The molecule has 4 heteroatoms. The molecule has 2 saturated carbocycles. The van der Waals surface area contributed by atoms with Gasteiger partial charge in [-0.15, -0.1) is 0 Å². The van der Waals surface area contributed by atoms with Gasteiger partial charge < -0.3 is 14.7 Å². The van der Waals surface area contributed by atoms with Crippen LogP contribution in [0.1, 0.15) is 50.5 Å². The quantitative estimate of drug-likeness (QED) is 0.840. The van der Waals surface area contributed by atoms with E-state index in [0.717, 1.165) is 51.6 Å². The first-order chi connectivity index (χ1) is 12.6. The lowest BCUT2D eigenvalue weighted by Gasteiger charge is -2.46. The molecule has 1 aliphatic heterocycles. The van der Waals surface area contributed by atoms with Crippen molar-refractivity contribution in [1.82, 2.24) is 4.90 Å². The summed E-state index contributed by atoms with van der Waals surface area (Å²) in [5, 5.41) is 11.6. The summed E-state index contributed by atoms with van der Waals surface area (Å²) in [6, 6.07) is 9.45. The van der Waals surface area contributed by atoms with E-state index in [1.54, 1.807) is 0 Å². The molecule has 4 nitrogen and oxygen atoms in total. The first-order valence-corrected chi connectivity index (χ1v) is 10.3. The number of likely N-dealkylation sites (tertiary alicyclic amines) is 1. The molecule has 2 bridgehead atoms. The third-order valence-electron chi connectivity index (χ3n) is 6.89. The Morgan fingerprint density at radius 1 is 1.04 bits per heavy atom. The van der Waals surface area contributed by atoms with Crippen LogP contribution in [-0.4, -0.2) is 42.2 Å². The highest BCUT2D eigenvalue weighted by atomic mass is 16.6. The van der Waals surface area contributed by atoms with E-state index < -0.39 is 11.6 Å². The van der Waals surface area contributed by atoms with E-state index >= 15 is 0 Å². The largest absolute Gasteiger partial charge is 0.459 e. The van der Waals surface area contributed by atoms with Crippen molar-refractivity contribution in [3.05, 3.63) is 35.9 Å². The summed E-state index contributed by atoms with van der Waals surface area (Å²) in [5.74, 6) is 0.352. The molecule has 1 aromatic carbocycles. The zero-order chi connectivity index (χ0) is 18.1. The van der Waals surface area contributed by atoms with Crippen molar-refractivity contribution in [3.63, 3.8) is 0 Å². The Balaban J connectivity index is 1.59. The molecule has 0 spiro atoms. The average molecular weight is 357 g/mol. The minimum Gasteiger partial charge on any atom is -0.459 e. The Labute approximate surface area is 156 Å². The van der Waals surface area contributed by atoms with E-state index in [4.69, 9.17) is 4.74 Å². The molecule has 0 amide bonds. The van der Waals surface area contributed by atoms with Gasteiger partial charge in [0.15, 0.2) is 5.60 Å². The Hall–Kier alpha value is -1.39. The second-order valence-electron chi connectivity index (χ2n) is 8.66. The average Bonchev–Trinajstić information content (AvgIpc) is 3.17. The number of carbonyl (C=O) groups is 1. The Morgan fingerprint density at radius 2 is 1.65 bits per heavy atom. The smallest absolute Gasteiger partial charge is 0.343 e. The third-order valence-corrected chi connectivity index (χ3v) is 6.89. The highest BCUT2D eigenvalue weighted by Crippen LogP contribution is 2.43. The Kier molecular flexibility index (Phi) is 5.07. The summed E-state index contributed by atoms with van der Waals surface area (Å²) in [6.45, 7) is 1.98. The Bertz CT molecular complexity index is 614. The van der Waals surface area contributed by atoms with Gasteiger partial charge >= 0.3 is 5.97 Å². The highest BCUT2D eigenvalue weighted by molar-refractivity contribution is 5.82. The number of nitrogens with zero attached hydrogens (tertiary/aromatic N) is 1. The van der Waals surface area contributed by atoms with Crippen molar-refractivity contribution in [2.24, 2.45) is 17.8 Å². The number of rotatable bonds is 4. The lowest BCUT2D eigenvalue weighted by Crippen LogP contribution is -2.54. The first-order valence-electron chi connectivity index (χ1n) is 10.3. The van der Waals surface area contributed by atoms with Crippen LogP contribution in [0.15, 0.2) is 30.3 Å². The monoisotopic (exact) mass is 357 g/mol. The van der Waals surface area contributed by atoms with Gasteiger partial charge in [-0.05, 0) is 38.3 Å². The summed E-state index contributed by atoms with van der Waals surface area (Å²) in [5.41, 5.74) is -0.815. The van der Waals surface area contributed by atoms with Crippen LogP contribution in [0.5, 0.6) is 0 Å². The second-order valence-corrected chi connectivity index (χ2v) is 8.66. The van der Waals surface area contributed by atoms with E-state index in [2.05, 4.69) is 11.9 Å². The maximum Gasteiger partial charge on any atom is 0.343 e. The molecule has 1 heterocycles. The van der Waals surface area contributed by atoms with Gasteiger partial charge in [0, 0.05) is 30.8 Å². The maximum absolute atomic E-state index is 13.3. The lowest BCUT2D eigenvalue weighted by atomic mass is 9.75. The maximum atomic E-state index is 13.3. The Morgan fingerprint density at radius 3 is 2.27 bits per heavy atom. The van der Waals surface area contributed by atoms with Crippen LogP contribution in [-0.2, 0) is 15.1 Å². The molecule has 0 radical (unpaired) electrons. The van der Waals surface area contributed by atoms with Crippen LogP contribution >= 0.6 is 0 Å². The summed E-state index contributed by atoms with van der Waals surface area (Å²) >= 11 is 0. The van der Waals surface area contributed by atoms with Crippen molar-refractivity contribution in [3.8, 4) is 0 Å². The van der Waals surface area contributed by atoms with Crippen LogP contribution in [0.4, 0.5) is 0 Å². The van der Waals surface area contributed by atoms with Gasteiger partial charge in [0.05, 0.1) is 0 Å². The van der Waals surface area contributed by atoms with Gasteiger partial charge in [0.25, 0.3) is 0 Å². The van der Waals surface area contributed by atoms with Crippen molar-refractivity contribution in [1.29, 1.82) is 0 Å². The molecule has 3 aliphatic rings. The predicted octanol–water partition coefficient (Wildman–Crippen LogP) is 3.34. The first kappa shape index (κ1) is 18.0. The SMILES string of the molecule is CN1C[C@H]2CCC[C@@H](C1)C2OC(=O)[C@@](O)(c1ccccc1)C1CCCC1. The molecule has 26 heavy (non-hydrogen) atoms. The third kappa shape index (κ3) is 3.18. The molecule has 4 atom stereocenters. The molecule has 142 valence electrons. The van der Waals surface area contributed by atoms with Gasteiger partial charge in [-0.2, -0.15) is 0 Å². The number of aliphatic hydroxyl groups is 1. The number of hydrogen-bond donors (Lipinski definition) is 1. The number of carbonyl (C=O) groups excluding carboxylic acids is 1. The van der Waals surface area contributed by atoms with Crippen molar-refractivity contribution >= 4 is 5.97 Å². The predicted molar refractivity (Wildman–Crippen MR) is 101 cm³/mol. The van der Waals surface area contributed by atoms with Crippen LogP contribution in [0, 0.1) is 17.8 Å². The molecular formula is C22H31NO3. The van der Waals surface area contributed by atoms with Crippen LogP contribution in [0.3, 0.4) is 0 Å². The summed E-state index contributed by atoms with van der Waals surface area (Å²) in [4.78, 5) is 15.7. The van der Waals surface area contributed by atoms with E-state index in [0.29, 0.717) is 17.4 Å². The molecule has 2 aliphatic carbocycles. The van der Waals surface area contributed by atoms with Crippen molar-refractivity contribution < 1.29 is 14.6 Å². The molecule has 4 rings (SSSR count). The number of hydrogen-bond acceptors (Lipinski definition) is 4. The zero-order valence-electron chi connectivity index (χ0n) is 15.8. The summed E-state index contributed by atoms with van der Waals surface area (Å²) in [7, 11) is 2.15. The van der Waals surface area contributed by atoms with Gasteiger partial charge in [0.2, 0.25) is 0 Å². The fourth-order valence-electron chi connectivity index (χ4n) is 5.58. The van der Waals surface area contributed by atoms with Gasteiger partial charge in [0.1, 0.15) is 6.10 Å². The molecule has 1 unspecified atom stereocenters. The second kappa shape index (κ2) is 7.32. The van der Waals surface area contributed by atoms with Crippen molar-refractivity contribution in [2.45, 2.75) is 56.7 Å². The van der Waals surface area contributed by atoms with Crippen LogP contribution in [0.25, 0.3) is 0 Å². The minimum absolute atomic E-state index is 0.0379. The van der Waals surface area contributed by atoms with Crippen LogP contribution < -0.4 is 0 Å². The van der Waals surface area contributed by atoms with E-state index in [9.17, 15) is 9.90 Å². The molecule has 1 aromatic rings. The summed E-state index contributed by atoms with van der Waals surface area (Å²) < 4.78 is 6.12. The van der Waals surface area contributed by atoms with Crippen LogP contribution in [0.2, 0.25) is 0 Å². The van der Waals surface area contributed by atoms with E-state index in [1.807, 2.05) is 30.3 Å². The normalized spacial score (nSPS) is 32.2. The standard InChI is InChI=1S/C22H31NO3/c1-23-14-16-8-7-9-17(15-23)20(16)26-21(24)22(25,19-12-5-6-13-19)18-10-3-2-4-11-18/h2-4,10-11,16-17,19-20,25H,5-9,12-15H2,1H3/t16-,17+,20?,22-/m1/s1. The highest BCUT2D eigenvalue weighted by Gasteiger charge is 2.50. The van der Waals surface area contributed by atoms with Gasteiger partial charge in [-0.3, -0.25) is 0 Å². The van der Waals surface area contributed by atoms with Gasteiger partial charge in [-0.25, -0.2) is 4.79 Å². The molecular weight excluding hydrogens is 326 g/mol. The molecule has 1 N–H and O–H groups in total. The number of esters is 1. The van der Waals surface area contributed by atoms with E-state index in [-0.39, 0.29) is 12.0 Å². The minimum atomic E-state index is -1.50. The zero-order valence-corrected chi connectivity index (χ0v) is 15.8. The lowest BCUT2D eigenvalue weighted by molar-refractivity contribution is -0.191. The topological polar surface area (TPSA) is 49.8 Å². The molecule has 1 saturated heterocycles. The molecule has 3 fully saturated rings.